The lowest BCUT2D eigenvalue weighted by molar-refractivity contribution is -0.135. The summed E-state index contributed by atoms with van der Waals surface area (Å²) in [6.07, 6.45) is 4.38. The van der Waals surface area contributed by atoms with Crippen LogP contribution in [-0.2, 0) is 16.0 Å². The molecule has 1 heterocycles. The zero-order chi connectivity index (χ0) is 14.1. The molecule has 0 saturated heterocycles. The number of hydrogen-bond acceptors (Lipinski definition) is 4. The predicted molar refractivity (Wildman–Crippen MR) is 65.0 cm³/mol. The SMILES string of the molecule is C/C(C(=O)O)=C(\C)C(=O)O.NCCc1c[nH]cn1. The molecule has 1 rings (SSSR count). The Morgan fingerprint density at radius 3 is 2.06 bits per heavy atom. The number of imidazole rings is 1. The second-order valence-electron chi connectivity index (χ2n) is 3.46. The van der Waals surface area contributed by atoms with Crippen molar-refractivity contribution in [3.8, 4) is 0 Å². The third kappa shape index (κ3) is 5.80. The van der Waals surface area contributed by atoms with Crippen LogP contribution in [0.2, 0.25) is 0 Å². The Morgan fingerprint density at radius 2 is 1.78 bits per heavy atom. The van der Waals surface area contributed by atoms with Gasteiger partial charge in [0.15, 0.2) is 0 Å². The molecule has 0 radical (unpaired) electrons. The van der Waals surface area contributed by atoms with Crippen LogP contribution < -0.4 is 5.73 Å². The minimum absolute atomic E-state index is 0.132. The van der Waals surface area contributed by atoms with Crippen molar-refractivity contribution in [1.29, 1.82) is 0 Å². The van der Waals surface area contributed by atoms with Gasteiger partial charge in [0.2, 0.25) is 0 Å². The summed E-state index contributed by atoms with van der Waals surface area (Å²) in [5, 5.41) is 16.6. The van der Waals surface area contributed by atoms with Crippen LogP contribution >= 0.6 is 0 Å². The number of carboxylic acid groups (broad SMARTS) is 2. The molecule has 5 N–H and O–H groups in total. The molecule has 0 fully saturated rings. The van der Waals surface area contributed by atoms with Gasteiger partial charge in [0.25, 0.3) is 0 Å². The number of aromatic amines is 1. The summed E-state index contributed by atoms with van der Waals surface area (Å²) in [5.74, 6) is -2.39. The van der Waals surface area contributed by atoms with Gasteiger partial charge in [0.1, 0.15) is 0 Å². The quantitative estimate of drug-likeness (QED) is 0.576. The van der Waals surface area contributed by atoms with Gasteiger partial charge in [-0.3, -0.25) is 0 Å². The highest BCUT2D eigenvalue weighted by Crippen LogP contribution is 2.02. The number of aliphatic carboxylic acids is 2. The predicted octanol–water partition coefficient (Wildman–Crippen LogP) is 0.403. The third-order valence-corrected chi connectivity index (χ3v) is 2.16. The molecule has 0 aromatic carbocycles. The van der Waals surface area contributed by atoms with Crippen LogP contribution in [0.1, 0.15) is 19.5 Å². The van der Waals surface area contributed by atoms with Crippen LogP contribution in [0.25, 0.3) is 0 Å². The van der Waals surface area contributed by atoms with Gasteiger partial charge in [-0.15, -0.1) is 0 Å². The number of nitrogens with one attached hydrogen (secondary N) is 1. The summed E-state index contributed by atoms with van der Waals surface area (Å²) in [4.78, 5) is 27.1. The Kier molecular flexibility index (Phi) is 7.06. The molecule has 0 bridgehead atoms. The van der Waals surface area contributed by atoms with Gasteiger partial charge in [-0.05, 0) is 20.4 Å². The lowest BCUT2D eigenvalue weighted by Crippen LogP contribution is -2.06. The number of hydrogen-bond donors (Lipinski definition) is 4. The maximum atomic E-state index is 10.1. The molecular weight excluding hydrogens is 238 g/mol. The second-order valence-corrected chi connectivity index (χ2v) is 3.46. The average molecular weight is 255 g/mol. The van der Waals surface area contributed by atoms with Crippen molar-refractivity contribution < 1.29 is 19.8 Å². The Morgan fingerprint density at radius 1 is 1.28 bits per heavy atom. The summed E-state index contributed by atoms with van der Waals surface area (Å²) in [5.41, 5.74) is 6.04. The molecular formula is C11H17N3O4. The van der Waals surface area contributed by atoms with E-state index in [1.165, 1.54) is 13.8 Å². The van der Waals surface area contributed by atoms with E-state index in [1.807, 2.05) is 6.20 Å². The van der Waals surface area contributed by atoms with E-state index in [0.29, 0.717) is 6.54 Å². The van der Waals surface area contributed by atoms with E-state index in [1.54, 1.807) is 6.33 Å². The Hall–Kier alpha value is -2.15. The first-order chi connectivity index (χ1) is 8.40. The third-order valence-electron chi connectivity index (χ3n) is 2.16. The monoisotopic (exact) mass is 255 g/mol. The molecule has 1 aromatic rings. The zero-order valence-corrected chi connectivity index (χ0v) is 10.3. The highest BCUT2D eigenvalue weighted by molar-refractivity contribution is 5.97. The molecule has 0 saturated carbocycles. The van der Waals surface area contributed by atoms with Gasteiger partial charge >= 0.3 is 11.9 Å². The lowest BCUT2D eigenvalue weighted by Gasteiger charge is -1.95. The molecule has 100 valence electrons. The van der Waals surface area contributed by atoms with Crippen LogP contribution in [0.3, 0.4) is 0 Å². The minimum atomic E-state index is -1.19. The van der Waals surface area contributed by atoms with Crippen LogP contribution in [0, 0.1) is 0 Å². The maximum absolute atomic E-state index is 10.1. The van der Waals surface area contributed by atoms with Gasteiger partial charge in [-0.25, -0.2) is 14.6 Å². The number of nitrogens with zero attached hydrogens (tertiary/aromatic N) is 1. The molecule has 0 atom stereocenters. The van der Waals surface area contributed by atoms with E-state index in [0.717, 1.165) is 12.1 Å². The average Bonchev–Trinajstić information content (AvgIpc) is 2.81. The molecule has 18 heavy (non-hydrogen) atoms. The molecule has 1 aromatic heterocycles. The molecule has 0 spiro atoms. The van der Waals surface area contributed by atoms with E-state index < -0.39 is 11.9 Å². The normalized spacial score (nSPS) is 11.1. The summed E-state index contributed by atoms with van der Waals surface area (Å²) >= 11 is 0. The van der Waals surface area contributed by atoms with Gasteiger partial charge < -0.3 is 20.9 Å². The van der Waals surface area contributed by atoms with E-state index >= 15 is 0 Å². The Bertz CT molecular complexity index is 402. The zero-order valence-electron chi connectivity index (χ0n) is 10.3. The number of aromatic nitrogens is 2. The van der Waals surface area contributed by atoms with Crippen LogP contribution in [-0.4, -0.2) is 38.7 Å². The number of nitrogens with two attached hydrogens (primary N) is 1. The van der Waals surface area contributed by atoms with Crippen molar-refractivity contribution in [3.05, 3.63) is 29.4 Å². The van der Waals surface area contributed by atoms with Crippen molar-refractivity contribution in [3.63, 3.8) is 0 Å². The molecule has 0 aliphatic carbocycles. The molecule has 0 unspecified atom stereocenters. The number of carboxylic acids is 2. The standard InChI is InChI=1S/C6H8O4.C5H9N3/c1-3(5(7)8)4(2)6(9)10;6-2-1-5-3-7-4-8-5/h1-2H3,(H,7,8)(H,9,10);3-4H,1-2,6H2,(H,7,8)/b4-3-;. The highest BCUT2D eigenvalue weighted by Gasteiger charge is 2.09. The van der Waals surface area contributed by atoms with Crippen LogP contribution in [0.15, 0.2) is 23.7 Å². The van der Waals surface area contributed by atoms with Crippen LogP contribution in [0.5, 0.6) is 0 Å². The molecule has 7 nitrogen and oxygen atoms in total. The van der Waals surface area contributed by atoms with Crippen LogP contribution in [0.4, 0.5) is 0 Å². The Labute approximate surface area is 104 Å². The smallest absolute Gasteiger partial charge is 0.331 e. The van der Waals surface area contributed by atoms with Crippen molar-refractivity contribution in [2.24, 2.45) is 5.73 Å². The topological polar surface area (TPSA) is 129 Å². The number of rotatable bonds is 4. The first-order valence-corrected chi connectivity index (χ1v) is 5.22. The van der Waals surface area contributed by atoms with E-state index in [-0.39, 0.29) is 11.1 Å². The van der Waals surface area contributed by atoms with Crippen molar-refractivity contribution in [1.82, 2.24) is 9.97 Å². The summed E-state index contributed by atoms with van der Waals surface area (Å²) in [6, 6.07) is 0. The molecule has 0 aliphatic rings. The first-order valence-electron chi connectivity index (χ1n) is 5.22. The second kappa shape index (κ2) is 8.02. The largest absolute Gasteiger partial charge is 0.478 e. The lowest BCUT2D eigenvalue weighted by atomic mass is 10.1. The minimum Gasteiger partial charge on any atom is -0.478 e. The molecule has 7 heteroatoms. The summed E-state index contributed by atoms with van der Waals surface area (Å²) in [7, 11) is 0. The van der Waals surface area contributed by atoms with E-state index in [9.17, 15) is 9.59 Å². The van der Waals surface area contributed by atoms with Gasteiger partial charge in [-0.2, -0.15) is 0 Å². The maximum Gasteiger partial charge on any atom is 0.331 e. The molecule has 0 amide bonds. The highest BCUT2D eigenvalue weighted by atomic mass is 16.4. The van der Waals surface area contributed by atoms with Gasteiger partial charge in [0, 0.05) is 23.8 Å². The number of carbonyl (C=O) groups is 2. The summed E-state index contributed by atoms with van der Waals surface area (Å²) in [6.45, 7) is 3.18. The first kappa shape index (κ1) is 15.9. The van der Waals surface area contributed by atoms with Gasteiger partial charge in [-0.1, -0.05) is 0 Å². The van der Waals surface area contributed by atoms with Crippen molar-refractivity contribution >= 4 is 11.9 Å². The van der Waals surface area contributed by atoms with E-state index in [2.05, 4.69) is 9.97 Å². The fourth-order valence-electron chi connectivity index (χ4n) is 0.896. The van der Waals surface area contributed by atoms with E-state index in [4.69, 9.17) is 15.9 Å². The summed E-state index contributed by atoms with van der Waals surface area (Å²) < 4.78 is 0. The fourth-order valence-corrected chi connectivity index (χ4v) is 0.896. The van der Waals surface area contributed by atoms with Gasteiger partial charge in [0.05, 0.1) is 12.0 Å². The van der Waals surface area contributed by atoms with Crippen molar-refractivity contribution in [2.45, 2.75) is 20.3 Å². The number of H-pyrrole nitrogens is 1. The molecule has 0 aliphatic heterocycles. The fraction of sp³-hybridized carbons (Fsp3) is 0.364. The Balaban J connectivity index is 0.000000327. The van der Waals surface area contributed by atoms with Crippen molar-refractivity contribution in [2.75, 3.05) is 6.54 Å².